The molecule has 0 spiro atoms. The molecule has 0 aliphatic rings. The van der Waals surface area contributed by atoms with Gasteiger partial charge in [-0.3, -0.25) is 0 Å². The van der Waals surface area contributed by atoms with Gasteiger partial charge in [-0.15, -0.1) is 0 Å². The maximum Gasteiger partial charge on any atom is 0.0490 e. The standard InChI is InChI=1S/C37H29N3/c1-38-36-24-22-32(39(28-14-6-2-7-15-28)29-16-8-3-9-17-29)26-34(36)35-27-33(23-25-37(35)38)40(30-18-10-4-11-19-30)31-20-12-5-13-21-31/h2-27H,1H3. The van der Waals surface area contributed by atoms with E-state index in [1.807, 2.05) is 0 Å². The SMILES string of the molecule is Cn1c2ccc(N(c3ccccc3)c3ccccc3)cc2c2cc(N(c3ccccc3)c3ccccc3)ccc21. The molecule has 192 valence electrons. The monoisotopic (exact) mass is 515 g/mol. The van der Waals surface area contributed by atoms with Gasteiger partial charge >= 0.3 is 0 Å². The third-order valence-corrected chi connectivity index (χ3v) is 7.55. The van der Waals surface area contributed by atoms with Gasteiger partial charge < -0.3 is 14.4 Å². The quantitative estimate of drug-likeness (QED) is 0.218. The first kappa shape index (κ1) is 23.8. The highest BCUT2D eigenvalue weighted by Gasteiger charge is 2.18. The molecular weight excluding hydrogens is 486 g/mol. The number of anilines is 6. The van der Waals surface area contributed by atoms with Gasteiger partial charge in [0.15, 0.2) is 0 Å². The minimum absolute atomic E-state index is 1.13. The van der Waals surface area contributed by atoms with Crippen LogP contribution in [0.25, 0.3) is 21.8 Å². The predicted molar refractivity (Wildman–Crippen MR) is 170 cm³/mol. The van der Waals surface area contributed by atoms with Crippen LogP contribution in [0.1, 0.15) is 0 Å². The van der Waals surface area contributed by atoms with E-state index < -0.39 is 0 Å². The van der Waals surface area contributed by atoms with E-state index in [2.05, 4.69) is 179 Å². The minimum atomic E-state index is 1.13. The first-order chi connectivity index (χ1) is 19.8. The van der Waals surface area contributed by atoms with Crippen molar-refractivity contribution >= 4 is 55.9 Å². The Bertz CT molecular complexity index is 1670. The summed E-state index contributed by atoms with van der Waals surface area (Å²) in [5.74, 6) is 0. The maximum atomic E-state index is 2.33. The molecule has 7 rings (SSSR count). The highest BCUT2D eigenvalue weighted by Crippen LogP contribution is 2.41. The second kappa shape index (κ2) is 10.1. The highest BCUT2D eigenvalue weighted by molar-refractivity contribution is 6.11. The fourth-order valence-corrected chi connectivity index (χ4v) is 5.68. The van der Waals surface area contributed by atoms with Crippen LogP contribution >= 0.6 is 0 Å². The number of rotatable bonds is 6. The number of aromatic nitrogens is 1. The molecule has 1 aromatic heterocycles. The van der Waals surface area contributed by atoms with Crippen LogP contribution < -0.4 is 9.80 Å². The van der Waals surface area contributed by atoms with Crippen molar-refractivity contribution in [1.82, 2.24) is 4.57 Å². The van der Waals surface area contributed by atoms with Crippen LogP contribution in [0.2, 0.25) is 0 Å². The third kappa shape index (κ3) is 4.18. The van der Waals surface area contributed by atoms with Crippen molar-refractivity contribution in [3.05, 3.63) is 158 Å². The van der Waals surface area contributed by atoms with Gasteiger partial charge in [0.05, 0.1) is 0 Å². The fourth-order valence-electron chi connectivity index (χ4n) is 5.68. The van der Waals surface area contributed by atoms with E-state index in [1.165, 1.54) is 21.8 Å². The lowest BCUT2D eigenvalue weighted by atomic mass is 10.1. The van der Waals surface area contributed by atoms with Crippen LogP contribution in [0.15, 0.2) is 158 Å². The Labute approximate surface area is 234 Å². The van der Waals surface area contributed by atoms with Crippen molar-refractivity contribution < 1.29 is 0 Å². The summed E-state index contributed by atoms with van der Waals surface area (Å²) < 4.78 is 2.29. The Hall–Kier alpha value is -5.28. The second-order valence-electron chi connectivity index (χ2n) is 9.97. The van der Waals surface area contributed by atoms with Gasteiger partial charge in [0.1, 0.15) is 0 Å². The Morgan fingerprint density at radius 3 is 0.950 bits per heavy atom. The summed E-state index contributed by atoms with van der Waals surface area (Å²) >= 11 is 0. The van der Waals surface area contributed by atoms with E-state index in [1.54, 1.807) is 0 Å². The maximum absolute atomic E-state index is 2.33. The van der Waals surface area contributed by atoms with Gasteiger partial charge in [-0.2, -0.15) is 0 Å². The molecule has 0 atom stereocenters. The number of fused-ring (bicyclic) bond motifs is 3. The van der Waals surface area contributed by atoms with E-state index in [4.69, 9.17) is 0 Å². The number of hydrogen-bond acceptors (Lipinski definition) is 2. The average molecular weight is 516 g/mol. The van der Waals surface area contributed by atoms with Gasteiger partial charge in [-0.1, -0.05) is 72.8 Å². The van der Waals surface area contributed by atoms with E-state index in [-0.39, 0.29) is 0 Å². The Morgan fingerprint density at radius 2 is 0.650 bits per heavy atom. The first-order valence-corrected chi connectivity index (χ1v) is 13.6. The highest BCUT2D eigenvalue weighted by atomic mass is 15.1. The molecule has 0 aliphatic heterocycles. The molecule has 6 aromatic carbocycles. The predicted octanol–water partition coefficient (Wildman–Crippen LogP) is 10.3. The molecule has 0 amide bonds. The van der Waals surface area contributed by atoms with E-state index in [0.29, 0.717) is 0 Å². The van der Waals surface area contributed by atoms with Crippen molar-refractivity contribution in [1.29, 1.82) is 0 Å². The summed E-state index contributed by atoms with van der Waals surface area (Å²) in [6.07, 6.45) is 0. The van der Waals surface area contributed by atoms with Crippen LogP contribution in [-0.4, -0.2) is 4.57 Å². The molecule has 40 heavy (non-hydrogen) atoms. The molecule has 0 saturated carbocycles. The fraction of sp³-hybridized carbons (Fsp3) is 0.0270. The van der Waals surface area contributed by atoms with Crippen molar-refractivity contribution in [2.24, 2.45) is 7.05 Å². The normalized spacial score (nSPS) is 11.1. The number of aryl methyl sites for hydroxylation is 1. The summed E-state index contributed by atoms with van der Waals surface area (Å²) in [5.41, 5.74) is 9.21. The van der Waals surface area contributed by atoms with Crippen LogP contribution in [0, 0.1) is 0 Å². The van der Waals surface area contributed by atoms with Gasteiger partial charge in [-0.05, 0) is 84.9 Å². The zero-order valence-corrected chi connectivity index (χ0v) is 22.4. The molecule has 1 heterocycles. The zero-order chi connectivity index (χ0) is 26.9. The third-order valence-electron chi connectivity index (χ3n) is 7.55. The molecule has 0 N–H and O–H groups in total. The van der Waals surface area contributed by atoms with E-state index in [0.717, 1.165) is 34.1 Å². The van der Waals surface area contributed by atoms with Gasteiger partial charge in [0.25, 0.3) is 0 Å². The van der Waals surface area contributed by atoms with Crippen molar-refractivity contribution in [2.45, 2.75) is 0 Å². The number of hydrogen-bond donors (Lipinski definition) is 0. The van der Waals surface area contributed by atoms with Crippen molar-refractivity contribution in [3.63, 3.8) is 0 Å². The molecular formula is C37H29N3. The number of para-hydroxylation sites is 4. The Morgan fingerprint density at radius 1 is 0.350 bits per heavy atom. The zero-order valence-electron chi connectivity index (χ0n) is 22.4. The summed E-state index contributed by atoms with van der Waals surface area (Å²) in [6.45, 7) is 0. The molecule has 0 saturated heterocycles. The van der Waals surface area contributed by atoms with Crippen LogP contribution in [0.5, 0.6) is 0 Å². The van der Waals surface area contributed by atoms with Crippen molar-refractivity contribution in [3.8, 4) is 0 Å². The molecule has 3 heteroatoms. The smallest absolute Gasteiger partial charge is 0.0490 e. The largest absolute Gasteiger partial charge is 0.344 e. The lowest BCUT2D eigenvalue weighted by Gasteiger charge is -2.26. The molecule has 0 radical (unpaired) electrons. The van der Waals surface area contributed by atoms with Crippen LogP contribution in [-0.2, 0) is 7.05 Å². The topological polar surface area (TPSA) is 11.4 Å². The number of benzene rings is 6. The second-order valence-corrected chi connectivity index (χ2v) is 9.97. The molecule has 0 unspecified atom stereocenters. The molecule has 0 fully saturated rings. The Balaban J connectivity index is 1.43. The van der Waals surface area contributed by atoms with Crippen LogP contribution in [0.4, 0.5) is 34.1 Å². The summed E-state index contributed by atoms with van der Waals surface area (Å²) in [5, 5.41) is 2.46. The summed E-state index contributed by atoms with van der Waals surface area (Å²) in [7, 11) is 2.16. The number of nitrogens with zero attached hydrogens (tertiary/aromatic N) is 3. The Kier molecular flexibility index (Phi) is 6.02. The first-order valence-electron chi connectivity index (χ1n) is 13.6. The minimum Gasteiger partial charge on any atom is -0.344 e. The van der Waals surface area contributed by atoms with Gasteiger partial charge in [-0.25, -0.2) is 0 Å². The lowest BCUT2D eigenvalue weighted by Crippen LogP contribution is -2.09. The van der Waals surface area contributed by atoms with E-state index >= 15 is 0 Å². The van der Waals surface area contributed by atoms with Crippen LogP contribution in [0.3, 0.4) is 0 Å². The average Bonchev–Trinajstić information content (AvgIpc) is 3.30. The summed E-state index contributed by atoms with van der Waals surface area (Å²) in [4.78, 5) is 4.64. The molecule has 3 nitrogen and oxygen atoms in total. The summed E-state index contributed by atoms with van der Waals surface area (Å²) in [6, 6.07) is 55.9. The molecule has 0 aliphatic carbocycles. The van der Waals surface area contributed by atoms with Gasteiger partial charge in [0, 0.05) is 63.0 Å². The molecule has 7 aromatic rings. The van der Waals surface area contributed by atoms with Crippen molar-refractivity contribution in [2.75, 3.05) is 9.80 Å². The van der Waals surface area contributed by atoms with E-state index in [9.17, 15) is 0 Å². The van der Waals surface area contributed by atoms with Gasteiger partial charge in [0.2, 0.25) is 0 Å². The lowest BCUT2D eigenvalue weighted by molar-refractivity contribution is 1.01. The molecule has 0 bridgehead atoms.